The van der Waals surface area contributed by atoms with E-state index < -0.39 is 5.60 Å². The zero-order valence-electron chi connectivity index (χ0n) is 9.24. The Balaban J connectivity index is 2.30. The second-order valence-electron chi connectivity index (χ2n) is 4.14. The van der Waals surface area contributed by atoms with Crippen molar-refractivity contribution in [3.8, 4) is 0 Å². The van der Waals surface area contributed by atoms with Crippen molar-refractivity contribution in [2.45, 2.75) is 25.4 Å². The van der Waals surface area contributed by atoms with Crippen molar-refractivity contribution in [2.24, 2.45) is 0 Å². The van der Waals surface area contributed by atoms with Gasteiger partial charge in [0.05, 0.1) is 6.61 Å². The monoisotopic (exact) mass is 330 g/mol. The molecule has 0 aromatic heterocycles. The van der Waals surface area contributed by atoms with Crippen LogP contribution in [0.25, 0.3) is 0 Å². The number of ether oxygens (including phenoxy) is 1. The van der Waals surface area contributed by atoms with Crippen LogP contribution in [0.4, 0.5) is 0 Å². The van der Waals surface area contributed by atoms with E-state index >= 15 is 0 Å². The van der Waals surface area contributed by atoms with E-state index in [0.29, 0.717) is 12.4 Å². The molecule has 1 aromatic carbocycles. The number of rotatable bonds is 2. The first-order chi connectivity index (χ1) is 7.60. The second kappa shape index (κ2) is 4.75. The molecule has 2 rings (SSSR count). The Hall–Kier alpha value is -0.550. The van der Waals surface area contributed by atoms with Crippen LogP contribution in [0, 0.1) is 3.57 Å². The van der Waals surface area contributed by atoms with Gasteiger partial charge in [-0.2, -0.15) is 0 Å². The maximum absolute atomic E-state index is 10.5. The molecule has 3 heteroatoms. The minimum Gasteiger partial charge on any atom is -0.495 e. The van der Waals surface area contributed by atoms with Crippen LogP contribution >= 0.6 is 22.6 Å². The highest BCUT2D eigenvalue weighted by atomic mass is 127. The minimum absolute atomic E-state index is 0.681. The van der Waals surface area contributed by atoms with Crippen molar-refractivity contribution in [3.63, 3.8) is 0 Å². The zero-order chi connectivity index (χ0) is 11.6. The Morgan fingerprint density at radius 2 is 2.00 bits per heavy atom. The first-order valence-corrected chi connectivity index (χ1v) is 6.50. The third-order valence-corrected chi connectivity index (χ3v) is 3.54. The van der Waals surface area contributed by atoms with Crippen LogP contribution in [0.5, 0.6) is 0 Å². The summed E-state index contributed by atoms with van der Waals surface area (Å²) in [6.07, 6.45) is 4.00. The molecule has 1 atom stereocenters. The van der Waals surface area contributed by atoms with Crippen molar-refractivity contribution in [2.75, 3.05) is 6.61 Å². The molecule has 86 valence electrons. The van der Waals surface area contributed by atoms with Gasteiger partial charge in [-0.3, -0.25) is 0 Å². The molecule has 1 aromatic rings. The fourth-order valence-electron chi connectivity index (χ4n) is 1.81. The van der Waals surface area contributed by atoms with Crippen LogP contribution in [0.3, 0.4) is 0 Å². The van der Waals surface area contributed by atoms with Gasteiger partial charge in [0.15, 0.2) is 0 Å². The highest BCUT2D eigenvalue weighted by Gasteiger charge is 2.30. The average molecular weight is 330 g/mol. The minimum atomic E-state index is -1.01. The molecule has 1 N–H and O–H groups in total. The van der Waals surface area contributed by atoms with E-state index in [4.69, 9.17) is 4.74 Å². The number of benzene rings is 1. The average Bonchev–Trinajstić information content (AvgIpc) is 2.31. The first-order valence-electron chi connectivity index (χ1n) is 5.42. The van der Waals surface area contributed by atoms with E-state index in [1.165, 1.54) is 0 Å². The molecule has 1 heterocycles. The van der Waals surface area contributed by atoms with Gasteiger partial charge in [0, 0.05) is 3.57 Å². The van der Waals surface area contributed by atoms with Crippen molar-refractivity contribution < 1.29 is 9.84 Å². The van der Waals surface area contributed by atoms with E-state index in [2.05, 4.69) is 22.6 Å². The van der Waals surface area contributed by atoms with E-state index in [1.807, 2.05) is 30.3 Å². The lowest BCUT2D eigenvalue weighted by molar-refractivity contribution is 0.0150. The lowest BCUT2D eigenvalue weighted by Crippen LogP contribution is -2.27. The highest BCUT2D eigenvalue weighted by Crippen LogP contribution is 2.32. The van der Waals surface area contributed by atoms with Crippen molar-refractivity contribution >= 4 is 22.6 Å². The van der Waals surface area contributed by atoms with Gasteiger partial charge in [-0.25, -0.2) is 0 Å². The third-order valence-electron chi connectivity index (χ3n) is 2.82. The van der Waals surface area contributed by atoms with E-state index in [9.17, 15) is 5.11 Å². The summed E-state index contributed by atoms with van der Waals surface area (Å²) in [4.78, 5) is 0. The topological polar surface area (TPSA) is 29.5 Å². The molecule has 1 aliphatic rings. The summed E-state index contributed by atoms with van der Waals surface area (Å²) in [6.45, 7) is 2.48. The van der Waals surface area contributed by atoms with Crippen LogP contribution in [0.2, 0.25) is 0 Å². The smallest absolute Gasteiger partial charge is 0.143 e. The maximum Gasteiger partial charge on any atom is 0.143 e. The number of hydrogen-bond donors (Lipinski definition) is 1. The molecular weight excluding hydrogens is 315 g/mol. The van der Waals surface area contributed by atoms with Crippen LogP contribution < -0.4 is 0 Å². The second-order valence-corrected chi connectivity index (χ2v) is 5.38. The molecule has 0 saturated heterocycles. The van der Waals surface area contributed by atoms with Gasteiger partial charge >= 0.3 is 0 Å². The van der Waals surface area contributed by atoms with Crippen LogP contribution in [-0.2, 0) is 10.3 Å². The van der Waals surface area contributed by atoms with Gasteiger partial charge in [-0.05, 0) is 66.1 Å². The zero-order valence-corrected chi connectivity index (χ0v) is 11.4. The Morgan fingerprint density at radius 1 is 1.31 bits per heavy atom. The van der Waals surface area contributed by atoms with E-state index in [0.717, 1.165) is 22.0 Å². The molecule has 1 unspecified atom stereocenters. The molecule has 2 nitrogen and oxygen atoms in total. The van der Waals surface area contributed by atoms with Crippen molar-refractivity contribution in [1.29, 1.82) is 0 Å². The van der Waals surface area contributed by atoms with Crippen molar-refractivity contribution in [1.82, 2.24) is 0 Å². The summed E-state index contributed by atoms with van der Waals surface area (Å²) in [5.41, 5.74) is -0.133. The number of halogens is 1. The van der Waals surface area contributed by atoms with Gasteiger partial charge in [-0.1, -0.05) is 12.1 Å². The van der Waals surface area contributed by atoms with E-state index in [1.54, 1.807) is 6.92 Å². The molecule has 0 amide bonds. The molecule has 0 bridgehead atoms. The molecule has 1 aliphatic heterocycles. The summed E-state index contributed by atoms with van der Waals surface area (Å²) in [7, 11) is 0. The lowest BCUT2D eigenvalue weighted by atomic mass is 9.92. The van der Waals surface area contributed by atoms with Gasteiger partial charge < -0.3 is 9.84 Å². The maximum atomic E-state index is 10.5. The molecule has 0 saturated carbocycles. The quantitative estimate of drug-likeness (QED) is 0.844. The van der Waals surface area contributed by atoms with Crippen LogP contribution in [0.1, 0.15) is 25.3 Å². The molecule has 0 spiro atoms. The van der Waals surface area contributed by atoms with Crippen LogP contribution in [-0.4, -0.2) is 11.7 Å². The number of allylic oxidation sites excluding steroid dienone is 1. The highest BCUT2D eigenvalue weighted by molar-refractivity contribution is 14.1. The fourth-order valence-corrected chi connectivity index (χ4v) is 2.17. The Labute approximate surface area is 109 Å². The SMILES string of the molecule is CC(O)(C1=CCCCO1)c1ccc(I)cc1. The lowest BCUT2D eigenvalue weighted by Gasteiger charge is -2.29. The Bertz CT molecular complexity index is 393. The predicted molar refractivity (Wildman–Crippen MR) is 72.0 cm³/mol. The number of hydrogen-bond acceptors (Lipinski definition) is 2. The molecule has 0 radical (unpaired) electrons. The molecule has 0 aliphatic carbocycles. The summed E-state index contributed by atoms with van der Waals surface area (Å²) >= 11 is 2.25. The van der Waals surface area contributed by atoms with Crippen LogP contribution in [0.15, 0.2) is 36.1 Å². The first kappa shape index (κ1) is 11.9. The van der Waals surface area contributed by atoms with E-state index in [-0.39, 0.29) is 0 Å². The van der Waals surface area contributed by atoms with Gasteiger partial charge in [-0.15, -0.1) is 0 Å². The van der Waals surface area contributed by atoms with Gasteiger partial charge in [0.25, 0.3) is 0 Å². The van der Waals surface area contributed by atoms with Gasteiger partial charge in [0.2, 0.25) is 0 Å². The van der Waals surface area contributed by atoms with Crippen molar-refractivity contribution in [3.05, 3.63) is 45.2 Å². The summed E-state index contributed by atoms with van der Waals surface area (Å²) in [5.74, 6) is 0.681. The number of aliphatic hydroxyl groups is 1. The normalized spacial score (nSPS) is 19.6. The predicted octanol–water partition coefficient (Wildman–Crippen LogP) is 3.19. The summed E-state index contributed by atoms with van der Waals surface area (Å²) < 4.78 is 6.70. The molecule has 0 fully saturated rings. The fraction of sp³-hybridized carbons (Fsp3) is 0.385. The summed E-state index contributed by atoms with van der Waals surface area (Å²) in [5, 5.41) is 10.5. The van der Waals surface area contributed by atoms with Gasteiger partial charge in [0.1, 0.15) is 11.4 Å². The molecule has 16 heavy (non-hydrogen) atoms. The third kappa shape index (κ3) is 2.40. The Kier molecular flexibility index (Phi) is 3.54. The standard InChI is InChI=1S/C13H15IO2/c1-13(15,12-4-2-3-9-16-12)10-5-7-11(14)8-6-10/h4-8,15H,2-3,9H2,1H3. The molecular formula is C13H15IO2. The Morgan fingerprint density at radius 3 is 2.56 bits per heavy atom. The largest absolute Gasteiger partial charge is 0.495 e. The summed E-state index contributed by atoms with van der Waals surface area (Å²) in [6, 6.07) is 7.88.